The number of fused-ring (bicyclic) bond motifs is 7. The molecule has 0 amide bonds. The Kier molecular flexibility index (Phi) is 15.9. The Balaban J connectivity index is 0.982. The predicted octanol–water partition coefficient (Wildman–Crippen LogP) is 9.63. The molecule has 7 heterocycles. The molecule has 3 aromatic carbocycles. The van der Waals surface area contributed by atoms with Crippen LogP contribution >= 0.6 is 34.5 Å². The van der Waals surface area contributed by atoms with E-state index in [1.54, 1.807) is 42.6 Å². The third kappa shape index (κ3) is 11.6. The number of ether oxygens (including phenoxy) is 7. The largest absolute Gasteiger partial charge is 0.490 e. The van der Waals surface area contributed by atoms with Crippen LogP contribution in [0, 0.1) is 19.7 Å². The van der Waals surface area contributed by atoms with Crippen LogP contribution in [0.4, 0.5) is 8.78 Å². The smallest absolute Gasteiger partial charge is 0.345 e. The lowest BCUT2D eigenvalue weighted by Crippen LogP contribution is -2.49. The van der Waals surface area contributed by atoms with Crippen molar-refractivity contribution < 1.29 is 51.8 Å². The van der Waals surface area contributed by atoms with E-state index in [4.69, 9.17) is 61.3 Å². The molecule has 15 nitrogen and oxygen atoms in total. The highest BCUT2D eigenvalue weighted by Crippen LogP contribution is 2.53. The van der Waals surface area contributed by atoms with Crippen molar-refractivity contribution >= 4 is 56.3 Å². The summed E-state index contributed by atoms with van der Waals surface area (Å²) in [6.45, 7) is 9.42. The summed E-state index contributed by atoms with van der Waals surface area (Å²) in [4.78, 5) is 37.7. The van der Waals surface area contributed by atoms with E-state index >= 15 is 4.39 Å². The molecule has 0 spiro atoms. The number of carboxylic acids is 1. The second-order valence-electron chi connectivity index (χ2n) is 19.2. The van der Waals surface area contributed by atoms with Crippen LogP contribution in [-0.4, -0.2) is 144 Å². The summed E-state index contributed by atoms with van der Waals surface area (Å²) < 4.78 is 73.4. The normalized spacial score (nSPS) is 21.8. The number of carboxylic acid groups (broad SMARTS) is 1. The van der Waals surface area contributed by atoms with Gasteiger partial charge >= 0.3 is 5.97 Å². The van der Waals surface area contributed by atoms with Gasteiger partial charge < -0.3 is 43.2 Å². The molecule has 3 aromatic heterocycles. The van der Waals surface area contributed by atoms with E-state index in [0.717, 1.165) is 31.8 Å². The highest BCUT2D eigenvalue weighted by Gasteiger charge is 2.35. The minimum Gasteiger partial charge on any atom is -0.490 e. The van der Waals surface area contributed by atoms with Gasteiger partial charge in [-0.25, -0.2) is 33.5 Å². The van der Waals surface area contributed by atoms with Crippen molar-refractivity contribution in [2.75, 3.05) is 79.4 Å². The number of piperazine rings is 1. The van der Waals surface area contributed by atoms with Gasteiger partial charge in [0.25, 0.3) is 0 Å². The van der Waals surface area contributed by atoms with Crippen molar-refractivity contribution in [1.29, 1.82) is 0 Å². The first kappa shape index (κ1) is 51.9. The molecular weight excluding hydrogens is 1020 g/mol. The van der Waals surface area contributed by atoms with Crippen LogP contribution in [0.1, 0.15) is 47.5 Å². The zero-order valence-corrected chi connectivity index (χ0v) is 43.5. The summed E-state index contributed by atoms with van der Waals surface area (Å²) in [6, 6.07) is 13.0. The first-order chi connectivity index (χ1) is 35.8. The Hall–Kier alpha value is -5.57. The van der Waals surface area contributed by atoms with Crippen molar-refractivity contribution in [2.45, 2.75) is 70.1 Å². The minimum atomic E-state index is -1.53. The van der Waals surface area contributed by atoms with Gasteiger partial charge in [-0.05, 0) is 98.0 Å². The standard InChI is InChI=1S/C54H56Cl2F2N6O9S/c1-31-43-32(2)47(56)48(46(31)55)72-39(24-64-18-16-63(3)17-19-64)28-70-38-8-9-41(71-25-37-12-15-59-50(62-37)34-10-13-54(58,14-11-34)29-68-27-40-26-67-20-21-69-40)35(22-38)23-42(53(65)66)73-51-45-44(43)49(74-52(45)61-30-60-51)33-4-6-36(57)7-5-33/h4-10,12,15,22,30,39-40,42H,11,13-14,16-21,23-29H2,1-3H3,(H,65,66)/t39-,40-,42-,54-/m1/s1. The number of carbonyl (C=O) groups is 1. The van der Waals surface area contributed by atoms with Gasteiger partial charge in [-0.2, -0.15) is 0 Å². The third-order valence-electron chi connectivity index (χ3n) is 13.8. The number of alkyl halides is 1. The van der Waals surface area contributed by atoms with Gasteiger partial charge in [0, 0.05) is 67.8 Å². The molecule has 2 fully saturated rings. The number of halogens is 4. The lowest BCUT2D eigenvalue weighted by atomic mass is 9.87. The Morgan fingerprint density at radius 3 is 2.49 bits per heavy atom. The van der Waals surface area contributed by atoms with E-state index < -0.39 is 29.7 Å². The number of benzene rings is 3. The summed E-state index contributed by atoms with van der Waals surface area (Å²) in [7, 11) is 2.09. The Labute approximate surface area is 441 Å². The number of allylic oxidation sites excluding steroid dienone is 2. The molecule has 0 radical (unpaired) electrons. The average molecular weight is 1070 g/mol. The van der Waals surface area contributed by atoms with Crippen LogP contribution in [0.2, 0.25) is 10.0 Å². The number of hydrogen-bond acceptors (Lipinski definition) is 15. The first-order valence-electron chi connectivity index (χ1n) is 24.6. The lowest BCUT2D eigenvalue weighted by Gasteiger charge is -2.35. The predicted molar refractivity (Wildman–Crippen MR) is 277 cm³/mol. The number of likely N-dealkylation sites (N-methyl/N-ethyl adjacent to an activating group) is 1. The highest BCUT2D eigenvalue weighted by molar-refractivity contribution is 7.22. The molecule has 20 heteroatoms. The van der Waals surface area contributed by atoms with Crippen molar-refractivity contribution in [3.05, 3.63) is 111 Å². The van der Waals surface area contributed by atoms with Crippen LogP contribution in [-0.2, 0) is 32.0 Å². The molecule has 4 atom stereocenters. The van der Waals surface area contributed by atoms with E-state index in [1.807, 2.05) is 19.9 Å². The van der Waals surface area contributed by atoms with Gasteiger partial charge in [0.2, 0.25) is 12.0 Å². The quantitative estimate of drug-likeness (QED) is 0.123. The molecule has 0 unspecified atom stereocenters. The Morgan fingerprint density at radius 2 is 1.76 bits per heavy atom. The molecule has 2 saturated heterocycles. The monoisotopic (exact) mass is 1070 g/mol. The number of hydrogen-bond donors (Lipinski definition) is 1. The summed E-state index contributed by atoms with van der Waals surface area (Å²) in [6.07, 6.45) is 3.16. The summed E-state index contributed by atoms with van der Waals surface area (Å²) in [5.74, 6) is -0.0951. The molecule has 1 aliphatic carbocycles. The summed E-state index contributed by atoms with van der Waals surface area (Å²) in [5.41, 5.74) is 3.51. The van der Waals surface area contributed by atoms with Gasteiger partial charge in [0.05, 0.1) is 54.2 Å². The Bertz CT molecular complexity index is 3020. The number of rotatable bonds is 12. The topological polar surface area (TPSA) is 160 Å². The van der Waals surface area contributed by atoms with Crippen LogP contribution in [0.3, 0.4) is 0 Å². The maximum atomic E-state index is 15.8. The van der Waals surface area contributed by atoms with E-state index in [-0.39, 0.29) is 67.7 Å². The second-order valence-corrected chi connectivity index (χ2v) is 20.9. The fourth-order valence-corrected chi connectivity index (χ4v) is 11.4. The van der Waals surface area contributed by atoms with Gasteiger partial charge in [-0.1, -0.05) is 41.4 Å². The van der Waals surface area contributed by atoms with Gasteiger partial charge in [-0.15, -0.1) is 11.3 Å². The minimum absolute atomic E-state index is 0.00220. The summed E-state index contributed by atoms with van der Waals surface area (Å²) >= 11 is 16.0. The van der Waals surface area contributed by atoms with E-state index in [0.29, 0.717) is 110 Å². The zero-order chi connectivity index (χ0) is 51.5. The number of aromatic nitrogens is 4. The number of nitrogens with zero attached hydrogens (tertiary/aromatic N) is 6. The van der Waals surface area contributed by atoms with Crippen molar-refractivity contribution in [2.24, 2.45) is 0 Å². The van der Waals surface area contributed by atoms with Crippen molar-refractivity contribution in [3.8, 4) is 44.7 Å². The van der Waals surface area contributed by atoms with Gasteiger partial charge in [0.1, 0.15) is 59.6 Å². The van der Waals surface area contributed by atoms with Crippen LogP contribution in [0.25, 0.3) is 37.4 Å². The first-order valence-corrected chi connectivity index (χ1v) is 26.2. The number of thiophene rings is 1. The SMILES string of the molecule is Cc1c(Cl)c2c(Cl)c(C)c1-c1c(-c3ccc(F)cc3)sc3ncnc(c13)O[C@@H](C(=O)O)Cc1cc(ccc1OCc1ccnc(C3=CC[C@](F)(COC[C@H]4COCCO4)CC3)n1)OC[C@@H](CN1CCN(C)CC1)O2. The lowest BCUT2D eigenvalue weighted by molar-refractivity contribution is -0.145. The zero-order valence-electron chi connectivity index (χ0n) is 41.2. The van der Waals surface area contributed by atoms with Crippen molar-refractivity contribution in [3.63, 3.8) is 0 Å². The maximum absolute atomic E-state index is 15.8. The van der Waals surface area contributed by atoms with Crippen LogP contribution in [0.5, 0.6) is 23.1 Å². The fraction of sp³-hybridized carbons (Fsp3) is 0.426. The van der Waals surface area contributed by atoms with E-state index in [1.165, 1.54) is 29.8 Å². The molecule has 390 valence electrons. The molecular formula is C54H56Cl2F2N6O9S. The van der Waals surface area contributed by atoms with E-state index in [2.05, 4.69) is 31.8 Å². The second kappa shape index (κ2) is 22.7. The molecule has 5 aliphatic rings. The molecule has 4 bridgehead atoms. The number of aliphatic carboxylic acids is 1. The molecule has 6 aromatic rings. The van der Waals surface area contributed by atoms with Gasteiger partial charge in [0.15, 0.2) is 11.6 Å². The van der Waals surface area contributed by atoms with Crippen molar-refractivity contribution in [1.82, 2.24) is 29.7 Å². The molecule has 11 rings (SSSR count). The van der Waals surface area contributed by atoms with Crippen LogP contribution in [0.15, 0.2) is 67.1 Å². The third-order valence-corrected chi connectivity index (χ3v) is 15.9. The summed E-state index contributed by atoms with van der Waals surface area (Å²) in [5, 5.41) is 11.9. The van der Waals surface area contributed by atoms with Crippen LogP contribution < -0.4 is 18.9 Å². The maximum Gasteiger partial charge on any atom is 0.345 e. The van der Waals surface area contributed by atoms with E-state index in [9.17, 15) is 14.3 Å². The molecule has 1 N–H and O–H groups in total. The molecule has 0 saturated carbocycles. The Morgan fingerprint density at radius 1 is 0.959 bits per heavy atom. The highest BCUT2D eigenvalue weighted by atomic mass is 35.5. The molecule has 74 heavy (non-hydrogen) atoms. The molecule has 4 aliphatic heterocycles. The average Bonchev–Trinajstić information content (AvgIpc) is 3.79. The fourth-order valence-electron chi connectivity index (χ4n) is 9.71. The van der Waals surface area contributed by atoms with Gasteiger partial charge in [-0.3, -0.25) is 4.90 Å².